The molecule has 0 bridgehead atoms. The summed E-state index contributed by atoms with van der Waals surface area (Å²) in [7, 11) is 0. The normalized spacial score (nSPS) is 24.2. The first-order chi connectivity index (χ1) is 13.5. The van der Waals surface area contributed by atoms with E-state index in [4.69, 9.17) is 0 Å². The minimum Gasteiger partial charge on any atom is -0.206 e. The maximum Gasteiger partial charge on any atom is 0.159 e. The predicted octanol–water partition coefficient (Wildman–Crippen LogP) is 7.32. The molecule has 2 aromatic carbocycles. The fourth-order valence-corrected chi connectivity index (χ4v) is 5.04. The lowest BCUT2D eigenvalue weighted by molar-refractivity contribution is 0.234. The highest BCUT2D eigenvalue weighted by Crippen LogP contribution is 2.49. The Kier molecular flexibility index (Phi) is 5.31. The molecule has 4 heteroatoms. The van der Waals surface area contributed by atoms with Crippen molar-refractivity contribution in [3.8, 4) is 11.1 Å². The van der Waals surface area contributed by atoms with Gasteiger partial charge >= 0.3 is 0 Å². The van der Waals surface area contributed by atoms with Crippen LogP contribution in [0.2, 0.25) is 0 Å². The Bertz CT molecular complexity index is 915. The fraction of sp³-hybridized carbons (Fsp3) is 0.417. The number of hydrogen-bond donors (Lipinski definition) is 0. The average Bonchev–Trinajstić information content (AvgIpc) is 2.68. The van der Waals surface area contributed by atoms with E-state index in [9.17, 15) is 13.2 Å². The molecule has 148 valence electrons. The van der Waals surface area contributed by atoms with Crippen molar-refractivity contribution in [2.45, 2.75) is 51.4 Å². The van der Waals surface area contributed by atoms with Crippen LogP contribution in [0.15, 0.2) is 36.4 Å². The third-order valence-corrected chi connectivity index (χ3v) is 6.39. The zero-order valence-electron chi connectivity index (χ0n) is 16.0. The molecule has 0 aliphatic heterocycles. The number of allylic oxidation sites excluding steroid dienone is 2. The van der Waals surface area contributed by atoms with Crippen LogP contribution in [0.5, 0.6) is 0 Å². The molecule has 0 radical (unpaired) electrons. The summed E-state index contributed by atoms with van der Waals surface area (Å²) in [5, 5.41) is 0. The van der Waals surface area contributed by atoms with Gasteiger partial charge in [0.15, 0.2) is 11.6 Å². The Morgan fingerprint density at radius 2 is 1.79 bits per heavy atom. The maximum absolute atomic E-state index is 15.3. The molecule has 0 saturated heterocycles. The minimum atomic E-state index is -1.10. The Morgan fingerprint density at radius 3 is 2.54 bits per heavy atom. The fourth-order valence-electron chi connectivity index (χ4n) is 5.04. The summed E-state index contributed by atoms with van der Waals surface area (Å²) in [6.07, 6.45) is 9.99. The first-order valence-corrected chi connectivity index (χ1v) is 10.1. The van der Waals surface area contributed by atoms with Crippen LogP contribution in [0.1, 0.15) is 56.1 Å². The predicted molar refractivity (Wildman–Crippen MR) is 103 cm³/mol. The molecule has 3 unspecified atom stereocenters. The molecule has 2 aliphatic rings. The van der Waals surface area contributed by atoms with Gasteiger partial charge in [0.25, 0.3) is 0 Å². The van der Waals surface area contributed by atoms with Gasteiger partial charge in [-0.15, -0.1) is 0 Å². The summed E-state index contributed by atoms with van der Waals surface area (Å²) in [5.41, 5.74) is 1.10. The van der Waals surface area contributed by atoms with Crippen LogP contribution in [0, 0.1) is 35.1 Å². The topological polar surface area (TPSA) is 0 Å². The van der Waals surface area contributed by atoms with Gasteiger partial charge in [0.05, 0.1) is 5.56 Å². The molecule has 2 aromatic rings. The van der Waals surface area contributed by atoms with Crippen LogP contribution >= 0.6 is 0 Å². The second-order valence-corrected chi connectivity index (χ2v) is 8.06. The third kappa shape index (κ3) is 3.38. The molecular formula is C24H24F4. The molecule has 1 saturated carbocycles. The number of hydrogen-bond acceptors (Lipinski definition) is 0. The quantitative estimate of drug-likeness (QED) is 0.382. The van der Waals surface area contributed by atoms with Crippen LogP contribution in [0.4, 0.5) is 17.6 Å². The highest BCUT2D eigenvalue weighted by Gasteiger charge is 2.37. The van der Waals surface area contributed by atoms with Gasteiger partial charge in [-0.25, -0.2) is 17.6 Å². The lowest BCUT2D eigenvalue weighted by Gasteiger charge is -2.40. The third-order valence-electron chi connectivity index (χ3n) is 6.39. The molecule has 0 N–H and O–H groups in total. The van der Waals surface area contributed by atoms with Crippen LogP contribution in [0.25, 0.3) is 11.1 Å². The molecule has 0 aromatic heterocycles. The first-order valence-electron chi connectivity index (χ1n) is 10.1. The number of benzene rings is 2. The van der Waals surface area contributed by atoms with Gasteiger partial charge in [0.1, 0.15) is 11.6 Å². The molecule has 3 atom stereocenters. The van der Waals surface area contributed by atoms with E-state index in [0.717, 1.165) is 49.8 Å². The van der Waals surface area contributed by atoms with Gasteiger partial charge < -0.3 is 0 Å². The highest BCUT2D eigenvalue weighted by atomic mass is 19.2. The second kappa shape index (κ2) is 7.73. The largest absolute Gasteiger partial charge is 0.206 e. The van der Waals surface area contributed by atoms with E-state index in [-0.39, 0.29) is 17.0 Å². The van der Waals surface area contributed by atoms with Crippen molar-refractivity contribution in [1.82, 2.24) is 0 Å². The number of halogens is 4. The van der Waals surface area contributed by atoms with Gasteiger partial charge in [0.2, 0.25) is 0 Å². The lowest BCUT2D eigenvalue weighted by atomic mass is 9.65. The van der Waals surface area contributed by atoms with E-state index >= 15 is 4.39 Å². The molecule has 0 nitrogen and oxygen atoms in total. The molecule has 4 rings (SSSR count). The van der Waals surface area contributed by atoms with Crippen LogP contribution in [0.3, 0.4) is 0 Å². The Hall–Kier alpha value is -2.10. The van der Waals surface area contributed by atoms with E-state index < -0.39 is 23.3 Å². The number of fused-ring (bicyclic) bond motifs is 3. The van der Waals surface area contributed by atoms with E-state index in [2.05, 4.69) is 19.1 Å². The zero-order valence-corrected chi connectivity index (χ0v) is 16.0. The second-order valence-electron chi connectivity index (χ2n) is 8.06. The summed E-state index contributed by atoms with van der Waals surface area (Å²) in [6, 6.07) is 4.43. The van der Waals surface area contributed by atoms with Crippen LogP contribution < -0.4 is 0 Å². The summed E-state index contributed by atoms with van der Waals surface area (Å²) < 4.78 is 57.0. The summed E-state index contributed by atoms with van der Waals surface area (Å²) in [4.78, 5) is 0. The summed E-state index contributed by atoms with van der Waals surface area (Å²) in [5.74, 6) is -2.27. The summed E-state index contributed by atoms with van der Waals surface area (Å²) in [6.45, 7) is 2.12. The van der Waals surface area contributed by atoms with E-state index in [1.54, 1.807) is 0 Å². The smallest absolute Gasteiger partial charge is 0.159 e. The maximum atomic E-state index is 15.3. The Labute approximate surface area is 163 Å². The van der Waals surface area contributed by atoms with Gasteiger partial charge in [-0.1, -0.05) is 25.1 Å². The standard InChI is InChI=1S/C24H24F4/c1-2-3-4-14-5-8-17-15(11-14)6-9-18-19(17)13-22(27)23(24(18)28)16-7-10-20(25)21(26)12-16/h3-4,7,10,12-15,17H,2,5-6,8-9,11H2,1H3/b4-3+. The average molecular weight is 388 g/mol. The van der Waals surface area contributed by atoms with E-state index in [0.29, 0.717) is 23.8 Å². The van der Waals surface area contributed by atoms with Crippen LogP contribution in [-0.4, -0.2) is 0 Å². The molecule has 0 heterocycles. The van der Waals surface area contributed by atoms with Crippen molar-refractivity contribution in [2.24, 2.45) is 11.8 Å². The van der Waals surface area contributed by atoms with Crippen molar-refractivity contribution in [3.05, 3.63) is 70.8 Å². The van der Waals surface area contributed by atoms with Gasteiger partial charge in [-0.2, -0.15) is 0 Å². The van der Waals surface area contributed by atoms with Crippen molar-refractivity contribution in [2.75, 3.05) is 0 Å². The van der Waals surface area contributed by atoms with Gasteiger partial charge in [-0.05, 0) is 91.2 Å². The zero-order chi connectivity index (χ0) is 19.8. The van der Waals surface area contributed by atoms with Crippen molar-refractivity contribution in [1.29, 1.82) is 0 Å². The SMILES string of the molecule is CC/C=C/C1CCC2c3cc(F)c(-c4ccc(F)c(F)c4)c(F)c3CCC2C1. The lowest BCUT2D eigenvalue weighted by Crippen LogP contribution is -2.28. The van der Waals surface area contributed by atoms with Crippen LogP contribution in [-0.2, 0) is 6.42 Å². The molecule has 2 aliphatic carbocycles. The van der Waals surface area contributed by atoms with Crippen molar-refractivity contribution >= 4 is 0 Å². The molecule has 1 fully saturated rings. The van der Waals surface area contributed by atoms with E-state index in [1.807, 2.05) is 0 Å². The van der Waals surface area contributed by atoms with Gasteiger partial charge in [0, 0.05) is 0 Å². The Balaban J connectivity index is 1.69. The molecular weight excluding hydrogens is 364 g/mol. The van der Waals surface area contributed by atoms with Crippen molar-refractivity contribution in [3.63, 3.8) is 0 Å². The van der Waals surface area contributed by atoms with Crippen molar-refractivity contribution < 1.29 is 17.6 Å². The molecule has 0 spiro atoms. The Morgan fingerprint density at radius 1 is 0.964 bits per heavy atom. The monoisotopic (exact) mass is 388 g/mol. The molecule has 28 heavy (non-hydrogen) atoms. The molecule has 0 amide bonds. The van der Waals surface area contributed by atoms with E-state index in [1.165, 1.54) is 12.1 Å². The summed E-state index contributed by atoms with van der Waals surface area (Å²) >= 11 is 0. The highest BCUT2D eigenvalue weighted by molar-refractivity contribution is 5.67. The minimum absolute atomic E-state index is 0.0345. The first kappa shape index (κ1) is 19.2. The number of rotatable bonds is 3. The van der Waals surface area contributed by atoms with Gasteiger partial charge in [-0.3, -0.25) is 0 Å².